The number of fused-ring (bicyclic) bond motifs is 1. The van der Waals surface area contributed by atoms with Crippen LogP contribution in [0.1, 0.15) is 15.9 Å². The van der Waals surface area contributed by atoms with Crippen molar-refractivity contribution in [1.82, 2.24) is 0 Å². The largest absolute Gasteiger partial charge is 0.493 e. The number of benzene rings is 3. The van der Waals surface area contributed by atoms with Gasteiger partial charge in [-0.1, -0.05) is 36.4 Å². The van der Waals surface area contributed by atoms with Gasteiger partial charge >= 0.3 is 0 Å². The normalized spacial score (nSPS) is 10.7. The first kappa shape index (κ1) is 21.2. The van der Waals surface area contributed by atoms with Gasteiger partial charge in [0.05, 0.1) is 19.6 Å². The van der Waals surface area contributed by atoms with Gasteiger partial charge in [0.15, 0.2) is 29.6 Å². The van der Waals surface area contributed by atoms with E-state index in [9.17, 15) is 9.59 Å². The summed E-state index contributed by atoms with van der Waals surface area (Å²) in [6, 6.07) is 19.2. The minimum atomic E-state index is -0.350. The Bertz CT molecular complexity index is 1340. The molecule has 0 N–H and O–H groups in total. The first-order valence-electron chi connectivity index (χ1n) is 10.0. The molecule has 0 saturated heterocycles. The molecule has 0 radical (unpaired) electrons. The predicted molar refractivity (Wildman–Crippen MR) is 122 cm³/mol. The molecule has 6 heteroatoms. The molecule has 0 aliphatic rings. The molecule has 32 heavy (non-hydrogen) atoms. The van der Waals surface area contributed by atoms with Crippen LogP contribution < -0.4 is 19.6 Å². The Labute approximate surface area is 185 Å². The van der Waals surface area contributed by atoms with Gasteiger partial charge in [0.2, 0.25) is 11.2 Å². The number of hydrogen-bond acceptors (Lipinski definition) is 6. The van der Waals surface area contributed by atoms with Crippen LogP contribution in [0, 0.1) is 6.92 Å². The monoisotopic (exact) mass is 430 g/mol. The Morgan fingerprint density at radius 3 is 2.38 bits per heavy atom. The van der Waals surface area contributed by atoms with Gasteiger partial charge in [-0.25, -0.2) is 0 Å². The number of aryl methyl sites for hydroxylation is 1. The standard InChI is InChI=1S/C26H22O6/c1-16-9-11-19-22(13-16)32-25(18-10-12-21(29-2)23(14-18)30-3)26(24(19)28)31-15-20(27)17-7-5-4-6-8-17/h4-14H,15H2,1-3H3. The number of hydrogen-bond donors (Lipinski definition) is 0. The SMILES string of the molecule is COc1ccc(-c2oc3cc(C)ccc3c(=O)c2OCC(=O)c2ccccc2)cc1OC. The zero-order valence-corrected chi connectivity index (χ0v) is 18.0. The van der Waals surface area contributed by atoms with E-state index in [1.54, 1.807) is 61.7 Å². The molecule has 0 fully saturated rings. The lowest BCUT2D eigenvalue weighted by Gasteiger charge is -2.13. The molecule has 4 rings (SSSR count). The zero-order valence-electron chi connectivity index (χ0n) is 18.0. The van der Waals surface area contributed by atoms with Crippen molar-refractivity contribution in [3.05, 3.63) is 88.1 Å². The minimum Gasteiger partial charge on any atom is -0.493 e. The Kier molecular flexibility index (Phi) is 5.94. The first-order chi connectivity index (χ1) is 15.5. The number of Topliss-reactive ketones (excluding diaryl/α,β-unsaturated/α-hetero) is 1. The second kappa shape index (κ2) is 8.98. The van der Waals surface area contributed by atoms with E-state index in [1.165, 1.54) is 7.11 Å². The average molecular weight is 430 g/mol. The van der Waals surface area contributed by atoms with Crippen molar-refractivity contribution in [3.63, 3.8) is 0 Å². The Balaban J connectivity index is 1.83. The van der Waals surface area contributed by atoms with Crippen LogP contribution >= 0.6 is 0 Å². The fraction of sp³-hybridized carbons (Fsp3) is 0.154. The third-order valence-electron chi connectivity index (χ3n) is 5.10. The van der Waals surface area contributed by atoms with E-state index in [0.717, 1.165) is 5.56 Å². The summed E-state index contributed by atoms with van der Waals surface area (Å²) < 4.78 is 22.6. The maximum atomic E-state index is 13.3. The highest BCUT2D eigenvalue weighted by molar-refractivity contribution is 5.97. The van der Waals surface area contributed by atoms with Crippen molar-refractivity contribution >= 4 is 16.8 Å². The van der Waals surface area contributed by atoms with E-state index >= 15 is 0 Å². The van der Waals surface area contributed by atoms with E-state index in [0.29, 0.717) is 33.6 Å². The smallest absolute Gasteiger partial charge is 0.235 e. The molecule has 0 saturated carbocycles. The van der Waals surface area contributed by atoms with Crippen LogP contribution in [0.15, 0.2) is 75.9 Å². The minimum absolute atomic E-state index is 0.0298. The van der Waals surface area contributed by atoms with E-state index in [4.69, 9.17) is 18.6 Å². The molecule has 4 aromatic rings. The Morgan fingerprint density at radius 1 is 0.906 bits per heavy atom. The topological polar surface area (TPSA) is 75.0 Å². The highest BCUT2D eigenvalue weighted by Crippen LogP contribution is 2.36. The number of ether oxygens (including phenoxy) is 3. The van der Waals surface area contributed by atoms with Gasteiger partial charge in [-0.15, -0.1) is 0 Å². The fourth-order valence-electron chi connectivity index (χ4n) is 3.43. The highest BCUT2D eigenvalue weighted by Gasteiger charge is 2.20. The zero-order chi connectivity index (χ0) is 22.7. The van der Waals surface area contributed by atoms with Crippen molar-refractivity contribution in [2.24, 2.45) is 0 Å². The molecule has 0 aliphatic heterocycles. The number of carbonyl (C=O) groups is 1. The molecule has 0 atom stereocenters. The summed E-state index contributed by atoms with van der Waals surface area (Å²) in [7, 11) is 3.07. The van der Waals surface area contributed by atoms with Gasteiger partial charge in [0, 0.05) is 11.1 Å². The van der Waals surface area contributed by atoms with Crippen LogP contribution in [0.5, 0.6) is 17.2 Å². The second-order valence-corrected chi connectivity index (χ2v) is 7.24. The highest BCUT2D eigenvalue weighted by atomic mass is 16.5. The number of methoxy groups -OCH3 is 2. The molecule has 0 amide bonds. The molecule has 162 valence electrons. The van der Waals surface area contributed by atoms with Gasteiger partial charge in [-0.05, 0) is 42.8 Å². The summed E-state index contributed by atoms with van der Waals surface area (Å²) in [5.41, 5.74) is 2.09. The van der Waals surface area contributed by atoms with Crippen molar-refractivity contribution in [2.75, 3.05) is 20.8 Å². The lowest BCUT2D eigenvalue weighted by atomic mass is 10.1. The summed E-state index contributed by atoms with van der Waals surface area (Å²) in [6.07, 6.45) is 0. The second-order valence-electron chi connectivity index (χ2n) is 7.24. The summed E-state index contributed by atoms with van der Waals surface area (Å²) in [4.78, 5) is 25.9. The molecular weight excluding hydrogens is 408 g/mol. The van der Waals surface area contributed by atoms with Crippen LogP contribution in [0.3, 0.4) is 0 Å². The van der Waals surface area contributed by atoms with Crippen LogP contribution in [0.2, 0.25) is 0 Å². The van der Waals surface area contributed by atoms with Crippen molar-refractivity contribution in [1.29, 1.82) is 0 Å². The van der Waals surface area contributed by atoms with Crippen LogP contribution in [-0.2, 0) is 0 Å². The molecule has 6 nitrogen and oxygen atoms in total. The van der Waals surface area contributed by atoms with E-state index < -0.39 is 0 Å². The lowest BCUT2D eigenvalue weighted by molar-refractivity contribution is 0.0920. The quantitative estimate of drug-likeness (QED) is 0.382. The van der Waals surface area contributed by atoms with E-state index in [1.807, 2.05) is 19.1 Å². The van der Waals surface area contributed by atoms with Gasteiger partial charge in [0.1, 0.15) is 5.58 Å². The van der Waals surface area contributed by atoms with E-state index in [-0.39, 0.29) is 29.3 Å². The van der Waals surface area contributed by atoms with Gasteiger partial charge in [0.25, 0.3) is 0 Å². The van der Waals surface area contributed by atoms with Crippen LogP contribution in [0.4, 0.5) is 0 Å². The number of ketones is 1. The average Bonchev–Trinajstić information content (AvgIpc) is 2.83. The Hall–Kier alpha value is -4.06. The molecule has 1 heterocycles. The predicted octanol–water partition coefficient (Wildman–Crippen LogP) is 5.05. The summed E-state index contributed by atoms with van der Waals surface area (Å²) in [5.74, 6) is 0.959. The van der Waals surface area contributed by atoms with Gasteiger partial charge < -0.3 is 18.6 Å². The van der Waals surface area contributed by atoms with E-state index in [2.05, 4.69) is 0 Å². The number of rotatable bonds is 7. The molecule has 0 spiro atoms. The summed E-state index contributed by atoms with van der Waals surface area (Å²) >= 11 is 0. The summed E-state index contributed by atoms with van der Waals surface area (Å²) in [6.45, 7) is 1.62. The number of carbonyl (C=O) groups excluding carboxylic acids is 1. The molecule has 0 unspecified atom stereocenters. The maximum absolute atomic E-state index is 13.3. The van der Waals surface area contributed by atoms with Crippen molar-refractivity contribution in [2.45, 2.75) is 6.92 Å². The van der Waals surface area contributed by atoms with Gasteiger partial charge in [-0.3, -0.25) is 9.59 Å². The maximum Gasteiger partial charge on any atom is 0.235 e. The molecule has 1 aromatic heterocycles. The Morgan fingerprint density at radius 2 is 1.66 bits per heavy atom. The van der Waals surface area contributed by atoms with Crippen LogP contribution in [-0.4, -0.2) is 26.6 Å². The molecular formula is C26H22O6. The molecule has 0 bridgehead atoms. The third-order valence-corrected chi connectivity index (χ3v) is 5.10. The summed E-state index contributed by atoms with van der Waals surface area (Å²) in [5, 5.41) is 0.377. The van der Waals surface area contributed by atoms with Crippen molar-refractivity contribution in [3.8, 4) is 28.6 Å². The van der Waals surface area contributed by atoms with Crippen molar-refractivity contribution < 1.29 is 23.4 Å². The van der Waals surface area contributed by atoms with Crippen LogP contribution in [0.25, 0.3) is 22.3 Å². The molecule has 3 aromatic carbocycles. The van der Waals surface area contributed by atoms with Gasteiger partial charge in [-0.2, -0.15) is 0 Å². The lowest BCUT2D eigenvalue weighted by Crippen LogP contribution is -2.17. The third kappa shape index (κ3) is 4.07. The first-order valence-corrected chi connectivity index (χ1v) is 10.0. The fourth-order valence-corrected chi connectivity index (χ4v) is 3.43. The molecule has 0 aliphatic carbocycles.